The van der Waals surface area contributed by atoms with Crippen LogP contribution in [0, 0.1) is 17.7 Å². The van der Waals surface area contributed by atoms with Gasteiger partial charge in [0.1, 0.15) is 11.6 Å². The SMILES string of the molecule is CC(C)CCC(C[C@H](O)C(Cc1ccccc1)NC(=O)c1ccc(F)cc1O)NC(=O)C1CCOCC1. The number of ether oxygens (including phenoxy) is 1. The highest BCUT2D eigenvalue weighted by Gasteiger charge is 2.29. The zero-order valence-electron chi connectivity index (χ0n) is 21.7. The van der Waals surface area contributed by atoms with Crippen molar-refractivity contribution in [3.63, 3.8) is 0 Å². The lowest BCUT2D eigenvalue weighted by Gasteiger charge is -2.30. The van der Waals surface area contributed by atoms with Crippen LogP contribution in [-0.4, -0.2) is 53.4 Å². The lowest BCUT2D eigenvalue weighted by atomic mass is 9.92. The average molecular weight is 515 g/mol. The smallest absolute Gasteiger partial charge is 0.255 e. The summed E-state index contributed by atoms with van der Waals surface area (Å²) in [7, 11) is 0. The predicted molar refractivity (Wildman–Crippen MR) is 140 cm³/mol. The molecule has 4 N–H and O–H groups in total. The van der Waals surface area contributed by atoms with E-state index in [2.05, 4.69) is 24.5 Å². The highest BCUT2D eigenvalue weighted by Crippen LogP contribution is 2.21. The summed E-state index contributed by atoms with van der Waals surface area (Å²) in [6.45, 7) is 5.36. The summed E-state index contributed by atoms with van der Waals surface area (Å²) in [4.78, 5) is 25.9. The molecule has 0 saturated carbocycles. The number of aliphatic hydroxyl groups excluding tert-OH is 1. The Balaban J connectivity index is 1.75. The minimum absolute atomic E-state index is 0.0239. The molecule has 8 heteroatoms. The van der Waals surface area contributed by atoms with Crippen LogP contribution in [0.25, 0.3) is 0 Å². The van der Waals surface area contributed by atoms with Crippen LogP contribution in [0.5, 0.6) is 5.75 Å². The number of nitrogens with one attached hydrogen (secondary N) is 2. The first-order valence-corrected chi connectivity index (χ1v) is 13.1. The lowest BCUT2D eigenvalue weighted by molar-refractivity contribution is -0.128. The van der Waals surface area contributed by atoms with Crippen LogP contribution >= 0.6 is 0 Å². The van der Waals surface area contributed by atoms with Crippen LogP contribution in [0.4, 0.5) is 4.39 Å². The third-order valence-corrected chi connectivity index (χ3v) is 6.84. The van der Waals surface area contributed by atoms with Gasteiger partial charge in [-0.05, 0) is 62.1 Å². The van der Waals surface area contributed by atoms with Crippen LogP contribution < -0.4 is 10.6 Å². The minimum Gasteiger partial charge on any atom is -0.507 e. The Kier molecular flexibility index (Phi) is 10.9. The standard InChI is InChI=1S/C29H39FN2O5/c1-19(2)8-10-23(31-28(35)21-12-14-37-15-13-21)18-27(34)25(16-20-6-4-3-5-7-20)32-29(36)24-11-9-22(30)17-26(24)33/h3-7,9,11,17,19,21,23,25,27,33-34H,8,10,12-16,18H2,1-2H3,(H,31,35)(H,32,36)/t23?,25?,27-/m0/s1. The number of hydrogen-bond donors (Lipinski definition) is 4. The highest BCUT2D eigenvalue weighted by molar-refractivity contribution is 5.97. The van der Waals surface area contributed by atoms with E-state index < -0.39 is 29.6 Å². The molecule has 2 amide bonds. The molecule has 37 heavy (non-hydrogen) atoms. The van der Waals surface area contributed by atoms with Gasteiger partial charge in [-0.1, -0.05) is 44.2 Å². The number of phenolic OH excluding ortho intramolecular Hbond substituents is 1. The van der Waals surface area contributed by atoms with Gasteiger partial charge in [0, 0.05) is 31.2 Å². The molecule has 2 aromatic carbocycles. The largest absolute Gasteiger partial charge is 0.507 e. The number of rotatable bonds is 12. The number of benzene rings is 2. The maximum Gasteiger partial charge on any atom is 0.255 e. The lowest BCUT2D eigenvalue weighted by Crippen LogP contribution is -2.49. The number of halogens is 1. The first-order valence-electron chi connectivity index (χ1n) is 13.1. The monoisotopic (exact) mass is 514 g/mol. The van der Waals surface area contributed by atoms with Gasteiger partial charge in [0.25, 0.3) is 5.91 Å². The van der Waals surface area contributed by atoms with Crippen molar-refractivity contribution in [3.05, 3.63) is 65.5 Å². The molecule has 3 rings (SSSR count). The van der Waals surface area contributed by atoms with Gasteiger partial charge in [0.2, 0.25) is 5.91 Å². The van der Waals surface area contributed by atoms with Crippen LogP contribution in [-0.2, 0) is 16.0 Å². The molecule has 7 nitrogen and oxygen atoms in total. The normalized spacial score (nSPS) is 16.7. The van der Waals surface area contributed by atoms with E-state index in [0.29, 0.717) is 44.8 Å². The number of aliphatic hydroxyl groups is 1. The molecule has 1 aliphatic heterocycles. The van der Waals surface area contributed by atoms with Crippen molar-refractivity contribution in [1.29, 1.82) is 0 Å². The Morgan fingerprint density at radius 1 is 1.05 bits per heavy atom. The van der Waals surface area contributed by atoms with Gasteiger partial charge < -0.3 is 25.6 Å². The van der Waals surface area contributed by atoms with Crippen molar-refractivity contribution in [1.82, 2.24) is 10.6 Å². The van der Waals surface area contributed by atoms with E-state index in [9.17, 15) is 24.2 Å². The number of carbonyl (C=O) groups is 2. The topological polar surface area (TPSA) is 108 Å². The fraction of sp³-hybridized carbons (Fsp3) is 0.517. The van der Waals surface area contributed by atoms with E-state index in [4.69, 9.17) is 4.74 Å². The molecule has 1 fully saturated rings. The zero-order valence-corrected chi connectivity index (χ0v) is 21.7. The van der Waals surface area contributed by atoms with Gasteiger partial charge in [-0.3, -0.25) is 9.59 Å². The summed E-state index contributed by atoms with van der Waals surface area (Å²) < 4.78 is 18.8. The van der Waals surface area contributed by atoms with Gasteiger partial charge in [0.15, 0.2) is 0 Å². The average Bonchev–Trinajstić information content (AvgIpc) is 2.87. The summed E-state index contributed by atoms with van der Waals surface area (Å²) >= 11 is 0. The molecule has 1 aliphatic rings. The Hall–Kier alpha value is -2.97. The first-order chi connectivity index (χ1) is 17.7. The van der Waals surface area contributed by atoms with Crippen molar-refractivity contribution < 1.29 is 28.9 Å². The minimum atomic E-state index is -0.973. The Morgan fingerprint density at radius 2 is 1.76 bits per heavy atom. The molecule has 202 valence electrons. The van der Waals surface area contributed by atoms with Crippen molar-refractivity contribution >= 4 is 11.8 Å². The number of hydrogen-bond acceptors (Lipinski definition) is 5. The van der Waals surface area contributed by atoms with Gasteiger partial charge >= 0.3 is 0 Å². The van der Waals surface area contributed by atoms with E-state index in [1.54, 1.807) is 0 Å². The maximum absolute atomic E-state index is 13.4. The maximum atomic E-state index is 13.4. The molecule has 2 unspecified atom stereocenters. The summed E-state index contributed by atoms with van der Waals surface area (Å²) in [5.74, 6) is -1.42. The van der Waals surface area contributed by atoms with Gasteiger partial charge in [-0.2, -0.15) is 0 Å². The van der Waals surface area contributed by atoms with Crippen molar-refractivity contribution in [2.24, 2.45) is 11.8 Å². The highest BCUT2D eigenvalue weighted by atomic mass is 19.1. The van der Waals surface area contributed by atoms with Crippen LogP contribution in [0.15, 0.2) is 48.5 Å². The number of amides is 2. The summed E-state index contributed by atoms with van der Waals surface area (Å²) in [6.07, 6.45) is 2.58. The zero-order chi connectivity index (χ0) is 26.8. The Labute approximate surface area is 218 Å². The number of phenols is 1. The molecule has 0 bridgehead atoms. The molecule has 0 spiro atoms. The molecule has 0 aromatic heterocycles. The quantitative estimate of drug-likeness (QED) is 0.343. The second-order valence-electron chi connectivity index (χ2n) is 10.3. The van der Waals surface area contributed by atoms with Gasteiger partial charge in [0.05, 0.1) is 17.7 Å². The van der Waals surface area contributed by atoms with Crippen LogP contribution in [0.3, 0.4) is 0 Å². The van der Waals surface area contributed by atoms with Crippen LogP contribution in [0.2, 0.25) is 0 Å². The molecule has 3 atom stereocenters. The molecular weight excluding hydrogens is 475 g/mol. The van der Waals surface area contributed by atoms with Gasteiger partial charge in [-0.15, -0.1) is 0 Å². The van der Waals surface area contributed by atoms with Crippen LogP contribution in [0.1, 0.15) is 61.9 Å². The molecular formula is C29H39FN2O5. The third kappa shape index (κ3) is 9.13. The molecule has 0 radical (unpaired) electrons. The van der Waals surface area contributed by atoms with E-state index in [0.717, 1.165) is 24.1 Å². The summed E-state index contributed by atoms with van der Waals surface area (Å²) in [5.41, 5.74) is 0.844. The predicted octanol–water partition coefficient (Wildman–Crippen LogP) is 3.97. The number of carbonyl (C=O) groups excluding carboxylic acids is 2. The Bertz CT molecular complexity index is 1010. The molecule has 2 aromatic rings. The second kappa shape index (κ2) is 14.1. The third-order valence-electron chi connectivity index (χ3n) is 6.84. The fourth-order valence-electron chi connectivity index (χ4n) is 4.61. The molecule has 1 saturated heterocycles. The van der Waals surface area contributed by atoms with Crippen molar-refractivity contribution in [2.45, 2.75) is 70.6 Å². The number of aromatic hydroxyl groups is 1. The second-order valence-corrected chi connectivity index (χ2v) is 10.3. The first kappa shape index (κ1) is 28.6. The van der Waals surface area contributed by atoms with Crippen molar-refractivity contribution in [2.75, 3.05) is 13.2 Å². The van der Waals surface area contributed by atoms with E-state index in [-0.39, 0.29) is 29.9 Å². The fourth-order valence-corrected chi connectivity index (χ4v) is 4.61. The van der Waals surface area contributed by atoms with Gasteiger partial charge in [-0.25, -0.2) is 4.39 Å². The summed E-state index contributed by atoms with van der Waals surface area (Å²) in [6, 6.07) is 11.7. The Morgan fingerprint density at radius 3 is 2.41 bits per heavy atom. The molecule has 1 heterocycles. The summed E-state index contributed by atoms with van der Waals surface area (Å²) in [5, 5.41) is 27.4. The van der Waals surface area contributed by atoms with E-state index >= 15 is 0 Å². The van der Waals surface area contributed by atoms with E-state index in [1.807, 2.05) is 30.3 Å². The van der Waals surface area contributed by atoms with E-state index in [1.165, 1.54) is 6.07 Å². The molecule has 0 aliphatic carbocycles. The van der Waals surface area contributed by atoms with Crippen molar-refractivity contribution in [3.8, 4) is 5.75 Å².